The molecule has 1 aromatic carbocycles. The molecule has 0 saturated carbocycles. The molecule has 1 saturated heterocycles. The molecular formula is C25H35NO7. The summed E-state index contributed by atoms with van der Waals surface area (Å²) >= 11 is 0. The lowest BCUT2D eigenvalue weighted by Gasteiger charge is -2.14. The van der Waals surface area contributed by atoms with Gasteiger partial charge in [-0.1, -0.05) is 52.7 Å². The number of hydrogen-bond donors (Lipinski definition) is 0. The molecule has 0 unspecified atom stereocenters. The van der Waals surface area contributed by atoms with Crippen molar-refractivity contribution in [3.8, 4) is 0 Å². The molecule has 3 rings (SSSR count). The monoisotopic (exact) mass is 461 g/mol. The Kier molecular flexibility index (Phi) is 9.26. The Hall–Kier alpha value is -2.45. The van der Waals surface area contributed by atoms with Crippen LogP contribution >= 0.6 is 0 Å². The second-order valence-corrected chi connectivity index (χ2v) is 8.67. The average Bonchev–Trinajstić information content (AvgIpc) is 3.48. The minimum absolute atomic E-state index is 0.153. The number of aliphatic imine (C=N–C) groups is 1. The Morgan fingerprint density at radius 2 is 1.52 bits per heavy atom. The summed E-state index contributed by atoms with van der Waals surface area (Å²) in [5.41, 5.74) is 1.53. The van der Waals surface area contributed by atoms with E-state index in [9.17, 15) is 9.59 Å². The van der Waals surface area contributed by atoms with E-state index in [2.05, 4.69) is 18.8 Å². The lowest BCUT2D eigenvalue weighted by molar-refractivity contribution is -0.163. The lowest BCUT2D eigenvalue weighted by atomic mass is 10.1. The number of hydrogen-bond acceptors (Lipinski definition) is 8. The first-order valence-electron chi connectivity index (χ1n) is 11.9. The van der Waals surface area contributed by atoms with Crippen LogP contribution in [0.3, 0.4) is 0 Å². The molecule has 0 amide bonds. The van der Waals surface area contributed by atoms with Crippen molar-refractivity contribution in [1.29, 1.82) is 0 Å². The summed E-state index contributed by atoms with van der Waals surface area (Å²) < 4.78 is 28.0. The number of benzene rings is 1. The van der Waals surface area contributed by atoms with E-state index in [0.29, 0.717) is 24.0 Å². The van der Waals surface area contributed by atoms with Crippen LogP contribution in [-0.4, -0.2) is 55.9 Å². The second kappa shape index (κ2) is 12.1. The van der Waals surface area contributed by atoms with Crippen molar-refractivity contribution in [1.82, 2.24) is 0 Å². The maximum Gasteiger partial charge on any atom is 0.338 e. The summed E-state index contributed by atoms with van der Waals surface area (Å²) in [4.78, 5) is 29.8. The third kappa shape index (κ3) is 6.54. The molecule has 0 spiro atoms. The van der Waals surface area contributed by atoms with Gasteiger partial charge in [-0.25, -0.2) is 14.6 Å². The molecule has 2 heterocycles. The van der Waals surface area contributed by atoms with Gasteiger partial charge in [0.15, 0.2) is 18.5 Å². The molecule has 8 heteroatoms. The van der Waals surface area contributed by atoms with Crippen molar-refractivity contribution in [2.75, 3.05) is 19.8 Å². The van der Waals surface area contributed by atoms with Gasteiger partial charge in [0.2, 0.25) is 5.90 Å². The molecule has 0 N–H and O–H groups in total. The zero-order chi connectivity index (χ0) is 23.8. The SMILES string of the molecule is CCCCOC(=O)[C@@H]1OC(c2ccc(C3=N[C@@H](C(C)C)CO3)cc2)O[C@H]1C(=O)OCCCC. The molecule has 33 heavy (non-hydrogen) atoms. The number of ether oxygens (including phenoxy) is 5. The van der Waals surface area contributed by atoms with Crippen LogP contribution in [0.1, 0.15) is 70.8 Å². The molecule has 0 aromatic heterocycles. The predicted octanol–water partition coefficient (Wildman–Crippen LogP) is 3.96. The summed E-state index contributed by atoms with van der Waals surface area (Å²) in [6.45, 7) is 9.35. The minimum atomic E-state index is -1.17. The molecule has 182 valence electrons. The van der Waals surface area contributed by atoms with Crippen molar-refractivity contribution >= 4 is 17.8 Å². The van der Waals surface area contributed by atoms with Crippen molar-refractivity contribution in [2.45, 2.75) is 77.9 Å². The van der Waals surface area contributed by atoms with Gasteiger partial charge in [-0.2, -0.15) is 0 Å². The number of unbranched alkanes of at least 4 members (excludes halogenated alkanes) is 2. The number of carbonyl (C=O) groups is 2. The van der Waals surface area contributed by atoms with Gasteiger partial charge in [0.1, 0.15) is 6.61 Å². The van der Waals surface area contributed by atoms with Gasteiger partial charge in [0.05, 0.1) is 19.3 Å². The smallest absolute Gasteiger partial charge is 0.338 e. The maximum atomic E-state index is 12.6. The first-order chi connectivity index (χ1) is 15.9. The van der Waals surface area contributed by atoms with Crippen LogP contribution in [0.4, 0.5) is 0 Å². The van der Waals surface area contributed by atoms with Crippen LogP contribution < -0.4 is 0 Å². The lowest BCUT2D eigenvalue weighted by Crippen LogP contribution is -2.39. The zero-order valence-corrected chi connectivity index (χ0v) is 20.0. The summed E-state index contributed by atoms with van der Waals surface area (Å²) in [5.74, 6) is -0.213. The van der Waals surface area contributed by atoms with Crippen molar-refractivity contribution < 1.29 is 33.3 Å². The Labute approximate surface area is 195 Å². The number of rotatable bonds is 11. The van der Waals surface area contributed by atoms with Crippen LogP contribution in [0.5, 0.6) is 0 Å². The topological polar surface area (TPSA) is 92.7 Å². The maximum absolute atomic E-state index is 12.6. The summed E-state index contributed by atoms with van der Waals surface area (Å²) in [6, 6.07) is 7.52. The van der Waals surface area contributed by atoms with Gasteiger partial charge in [0.25, 0.3) is 0 Å². The van der Waals surface area contributed by atoms with E-state index in [1.165, 1.54) is 0 Å². The Balaban J connectivity index is 1.70. The summed E-state index contributed by atoms with van der Waals surface area (Å²) in [6.07, 6.45) is 0.0180. The molecule has 3 atom stereocenters. The first kappa shape index (κ1) is 25.2. The van der Waals surface area contributed by atoms with E-state index in [4.69, 9.17) is 23.7 Å². The Bertz CT molecular complexity index is 791. The van der Waals surface area contributed by atoms with Crippen molar-refractivity contribution in [2.24, 2.45) is 10.9 Å². The molecule has 2 aliphatic heterocycles. The summed E-state index contributed by atoms with van der Waals surface area (Å²) in [7, 11) is 0. The molecule has 1 fully saturated rings. The molecule has 1 aromatic rings. The fourth-order valence-electron chi connectivity index (χ4n) is 3.43. The van der Waals surface area contributed by atoms with E-state index < -0.39 is 30.4 Å². The number of nitrogens with zero attached hydrogens (tertiary/aromatic N) is 1. The van der Waals surface area contributed by atoms with Crippen LogP contribution in [-0.2, 0) is 33.3 Å². The van der Waals surface area contributed by atoms with Gasteiger partial charge >= 0.3 is 11.9 Å². The molecule has 0 bridgehead atoms. The summed E-state index contributed by atoms with van der Waals surface area (Å²) in [5, 5.41) is 0. The largest absolute Gasteiger partial charge is 0.475 e. The zero-order valence-electron chi connectivity index (χ0n) is 20.0. The van der Waals surface area contributed by atoms with Crippen molar-refractivity contribution in [3.63, 3.8) is 0 Å². The average molecular weight is 462 g/mol. The Morgan fingerprint density at radius 1 is 0.970 bits per heavy atom. The van der Waals surface area contributed by atoms with Crippen LogP contribution in [0.25, 0.3) is 0 Å². The van der Waals surface area contributed by atoms with Crippen LogP contribution in [0, 0.1) is 5.92 Å². The minimum Gasteiger partial charge on any atom is -0.475 e. The van der Waals surface area contributed by atoms with Gasteiger partial charge < -0.3 is 23.7 Å². The van der Waals surface area contributed by atoms with E-state index in [0.717, 1.165) is 31.2 Å². The quantitative estimate of drug-likeness (QED) is 0.364. The van der Waals surface area contributed by atoms with Crippen LogP contribution in [0.15, 0.2) is 29.3 Å². The third-order valence-corrected chi connectivity index (χ3v) is 5.64. The highest BCUT2D eigenvalue weighted by Gasteiger charge is 2.47. The molecule has 0 radical (unpaired) electrons. The first-order valence-corrected chi connectivity index (χ1v) is 11.9. The van der Waals surface area contributed by atoms with Gasteiger partial charge in [0, 0.05) is 11.1 Å². The van der Waals surface area contributed by atoms with E-state index >= 15 is 0 Å². The second-order valence-electron chi connectivity index (χ2n) is 8.67. The van der Waals surface area contributed by atoms with E-state index in [-0.39, 0.29) is 19.3 Å². The predicted molar refractivity (Wildman–Crippen MR) is 122 cm³/mol. The molecule has 2 aliphatic rings. The van der Waals surface area contributed by atoms with E-state index in [1.807, 2.05) is 38.1 Å². The number of carbonyl (C=O) groups excluding carboxylic acids is 2. The normalized spacial score (nSPS) is 22.8. The van der Waals surface area contributed by atoms with Crippen molar-refractivity contribution in [3.05, 3.63) is 35.4 Å². The molecule has 8 nitrogen and oxygen atoms in total. The molecular weight excluding hydrogens is 426 g/mol. The fourth-order valence-corrected chi connectivity index (χ4v) is 3.43. The molecule has 0 aliphatic carbocycles. The third-order valence-electron chi connectivity index (χ3n) is 5.64. The van der Waals surface area contributed by atoms with Crippen LogP contribution in [0.2, 0.25) is 0 Å². The fraction of sp³-hybridized carbons (Fsp3) is 0.640. The number of esters is 2. The standard InChI is InChI=1S/C25H35NO7/c1-5-7-13-29-23(27)20-21(24(28)30-14-8-6-2)33-25(32-20)18-11-9-17(10-12-18)22-26-19(15-31-22)16(3)4/h9-12,16,19-21,25H,5-8,13-15H2,1-4H3/t19-,20-,21-/m1/s1. The van der Waals surface area contributed by atoms with Gasteiger partial charge in [-0.15, -0.1) is 0 Å². The highest BCUT2D eigenvalue weighted by molar-refractivity contribution is 5.95. The van der Waals surface area contributed by atoms with Gasteiger partial charge in [-0.05, 0) is 30.9 Å². The van der Waals surface area contributed by atoms with E-state index in [1.54, 1.807) is 0 Å². The highest BCUT2D eigenvalue weighted by Crippen LogP contribution is 2.33. The van der Waals surface area contributed by atoms with Gasteiger partial charge in [-0.3, -0.25) is 0 Å². The highest BCUT2D eigenvalue weighted by atomic mass is 16.8. The Morgan fingerprint density at radius 3 is 1.97 bits per heavy atom.